The number of benzene rings is 2. The minimum Gasteiger partial charge on any atom is -0.478 e. The Morgan fingerprint density at radius 3 is 2.61 bits per heavy atom. The summed E-state index contributed by atoms with van der Waals surface area (Å²) >= 11 is 6.02. The van der Waals surface area contributed by atoms with Crippen molar-refractivity contribution in [3.63, 3.8) is 0 Å². The van der Waals surface area contributed by atoms with Crippen LogP contribution in [0.25, 0.3) is 0 Å². The van der Waals surface area contributed by atoms with Gasteiger partial charge in [-0.25, -0.2) is 14.8 Å². The van der Waals surface area contributed by atoms with Crippen LogP contribution in [0.15, 0.2) is 60.8 Å². The first-order valence-electron chi connectivity index (χ1n) is 9.27. The maximum absolute atomic E-state index is 11.7. The van der Waals surface area contributed by atoms with E-state index in [4.69, 9.17) is 11.6 Å². The summed E-state index contributed by atoms with van der Waals surface area (Å²) < 4.78 is 0. The number of anilines is 1. The molecule has 2 aromatic carbocycles. The molecular formula is C22H20ClN3O2. The van der Waals surface area contributed by atoms with Gasteiger partial charge in [-0.3, -0.25) is 0 Å². The third-order valence-electron chi connectivity index (χ3n) is 5.06. The molecule has 1 aliphatic rings. The molecule has 0 unspecified atom stereocenters. The van der Waals surface area contributed by atoms with Crippen LogP contribution in [0.2, 0.25) is 5.02 Å². The first kappa shape index (κ1) is 18.4. The van der Waals surface area contributed by atoms with Crippen molar-refractivity contribution in [3.05, 3.63) is 88.2 Å². The highest BCUT2D eigenvalue weighted by atomic mass is 35.5. The van der Waals surface area contributed by atoms with E-state index in [1.54, 1.807) is 0 Å². The van der Waals surface area contributed by atoms with Crippen molar-refractivity contribution in [2.24, 2.45) is 0 Å². The fourth-order valence-corrected chi connectivity index (χ4v) is 3.81. The summed E-state index contributed by atoms with van der Waals surface area (Å²) in [4.78, 5) is 22.9. The van der Waals surface area contributed by atoms with Crippen LogP contribution < -0.4 is 4.90 Å². The number of hydrogen-bond donors (Lipinski definition) is 1. The van der Waals surface area contributed by atoms with Crippen molar-refractivity contribution in [1.82, 2.24) is 9.97 Å². The average Bonchev–Trinajstić information content (AvgIpc) is 3.19. The first-order chi connectivity index (χ1) is 13.6. The fourth-order valence-electron chi connectivity index (χ4n) is 3.69. The molecule has 4 rings (SSSR count). The molecule has 3 aromatic rings. The van der Waals surface area contributed by atoms with E-state index in [0.29, 0.717) is 23.1 Å². The van der Waals surface area contributed by atoms with Gasteiger partial charge in [-0.2, -0.15) is 0 Å². The van der Waals surface area contributed by atoms with Gasteiger partial charge in [-0.1, -0.05) is 54.1 Å². The lowest BCUT2D eigenvalue weighted by Gasteiger charge is -2.25. The van der Waals surface area contributed by atoms with Crippen LogP contribution in [-0.4, -0.2) is 27.6 Å². The average molecular weight is 394 g/mol. The van der Waals surface area contributed by atoms with Crippen LogP contribution in [0.4, 0.5) is 5.95 Å². The van der Waals surface area contributed by atoms with Crippen molar-refractivity contribution in [1.29, 1.82) is 0 Å². The molecule has 0 amide bonds. The third-order valence-corrected chi connectivity index (χ3v) is 5.32. The van der Waals surface area contributed by atoms with Crippen LogP contribution in [0, 0.1) is 0 Å². The normalized spacial score (nSPS) is 16.3. The van der Waals surface area contributed by atoms with Crippen LogP contribution in [-0.2, 0) is 6.42 Å². The smallest absolute Gasteiger partial charge is 0.339 e. The summed E-state index contributed by atoms with van der Waals surface area (Å²) in [6.45, 7) is 0.838. The predicted octanol–water partition coefficient (Wildman–Crippen LogP) is 4.76. The van der Waals surface area contributed by atoms with E-state index in [-0.39, 0.29) is 11.6 Å². The molecule has 0 aliphatic carbocycles. The lowest BCUT2D eigenvalue weighted by atomic mass is 10.0. The molecule has 1 fully saturated rings. The molecule has 0 bridgehead atoms. The minimum atomic E-state index is -1.01. The Morgan fingerprint density at radius 1 is 1.14 bits per heavy atom. The molecule has 0 saturated carbocycles. The first-order valence-corrected chi connectivity index (χ1v) is 9.65. The van der Waals surface area contributed by atoms with Crippen molar-refractivity contribution in [2.75, 3.05) is 11.4 Å². The zero-order valence-corrected chi connectivity index (χ0v) is 16.0. The van der Waals surface area contributed by atoms with E-state index in [2.05, 4.69) is 14.9 Å². The number of carboxylic acids is 1. The highest BCUT2D eigenvalue weighted by Gasteiger charge is 2.29. The molecule has 1 atom stereocenters. The number of carboxylic acid groups (broad SMARTS) is 1. The van der Waals surface area contributed by atoms with Crippen molar-refractivity contribution < 1.29 is 9.90 Å². The number of rotatable bonds is 5. The second-order valence-corrected chi connectivity index (χ2v) is 7.34. The molecule has 28 heavy (non-hydrogen) atoms. The zero-order valence-electron chi connectivity index (χ0n) is 15.3. The molecule has 142 valence electrons. The van der Waals surface area contributed by atoms with E-state index >= 15 is 0 Å². The number of aromatic carboxylic acids is 1. The molecule has 1 N–H and O–H groups in total. The van der Waals surface area contributed by atoms with Gasteiger partial charge in [0.05, 0.1) is 17.3 Å². The number of halogens is 1. The van der Waals surface area contributed by atoms with E-state index in [9.17, 15) is 9.90 Å². The standard InChI is InChI=1S/C22H20ClN3O2/c23-17-10-8-16(9-11-17)20-7-4-12-26(20)22-24-14-18(21(27)28)19(25-22)13-15-5-2-1-3-6-15/h1-3,5-6,8-11,14,20H,4,7,12-13H2,(H,27,28)/t20-/m1/s1. The summed E-state index contributed by atoms with van der Waals surface area (Å²) in [5.74, 6) is -0.429. The van der Waals surface area contributed by atoms with Gasteiger partial charge in [0, 0.05) is 24.2 Å². The van der Waals surface area contributed by atoms with E-state index in [1.807, 2.05) is 54.6 Å². The van der Waals surface area contributed by atoms with Crippen LogP contribution >= 0.6 is 11.6 Å². The summed E-state index contributed by atoms with van der Waals surface area (Å²) in [5, 5.41) is 10.3. The van der Waals surface area contributed by atoms with Crippen molar-refractivity contribution in [3.8, 4) is 0 Å². The zero-order chi connectivity index (χ0) is 19.5. The largest absolute Gasteiger partial charge is 0.478 e. The second kappa shape index (κ2) is 7.98. The SMILES string of the molecule is O=C(O)c1cnc(N2CCC[C@@H]2c2ccc(Cl)cc2)nc1Cc1ccccc1. The maximum atomic E-state index is 11.7. The van der Waals surface area contributed by atoms with Crippen LogP contribution in [0.1, 0.15) is 46.1 Å². The Balaban J connectivity index is 1.68. The van der Waals surface area contributed by atoms with Gasteiger partial charge in [0.1, 0.15) is 0 Å². The fraction of sp³-hybridized carbons (Fsp3) is 0.227. The number of aromatic nitrogens is 2. The van der Waals surface area contributed by atoms with Crippen molar-refractivity contribution >= 4 is 23.5 Å². The molecule has 1 aliphatic heterocycles. The lowest BCUT2D eigenvalue weighted by molar-refractivity contribution is 0.0695. The monoisotopic (exact) mass is 393 g/mol. The molecule has 1 saturated heterocycles. The second-order valence-electron chi connectivity index (χ2n) is 6.90. The van der Waals surface area contributed by atoms with Crippen molar-refractivity contribution in [2.45, 2.75) is 25.3 Å². The van der Waals surface area contributed by atoms with E-state index in [0.717, 1.165) is 30.5 Å². The Bertz CT molecular complexity index is 977. The van der Waals surface area contributed by atoms with Gasteiger partial charge in [-0.15, -0.1) is 0 Å². The summed E-state index contributed by atoms with van der Waals surface area (Å²) in [6.07, 6.45) is 3.92. The van der Waals surface area contributed by atoms with Gasteiger partial charge >= 0.3 is 5.97 Å². The maximum Gasteiger partial charge on any atom is 0.339 e. The number of carbonyl (C=O) groups is 1. The Kier molecular flexibility index (Phi) is 5.26. The molecule has 0 spiro atoms. The Morgan fingerprint density at radius 2 is 1.89 bits per heavy atom. The van der Waals surface area contributed by atoms with Gasteiger partial charge in [0.15, 0.2) is 0 Å². The predicted molar refractivity (Wildman–Crippen MR) is 109 cm³/mol. The molecule has 0 radical (unpaired) electrons. The highest BCUT2D eigenvalue weighted by molar-refractivity contribution is 6.30. The van der Waals surface area contributed by atoms with Gasteiger partial charge in [0.25, 0.3) is 0 Å². The van der Waals surface area contributed by atoms with Gasteiger partial charge in [-0.05, 0) is 36.1 Å². The van der Waals surface area contributed by atoms with Crippen LogP contribution in [0.3, 0.4) is 0 Å². The lowest BCUT2D eigenvalue weighted by Crippen LogP contribution is -2.25. The van der Waals surface area contributed by atoms with Gasteiger partial charge in [0.2, 0.25) is 5.95 Å². The summed E-state index contributed by atoms with van der Waals surface area (Å²) in [5.41, 5.74) is 2.86. The van der Waals surface area contributed by atoms with Crippen LogP contribution in [0.5, 0.6) is 0 Å². The topological polar surface area (TPSA) is 66.3 Å². The van der Waals surface area contributed by atoms with E-state index < -0.39 is 5.97 Å². The molecule has 1 aromatic heterocycles. The van der Waals surface area contributed by atoms with E-state index in [1.165, 1.54) is 6.20 Å². The Labute approximate surface area is 168 Å². The molecular weight excluding hydrogens is 374 g/mol. The number of nitrogens with zero attached hydrogens (tertiary/aromatic N) is 3. The molecule has 6 heteroatoms. The highest BCUT2D eigenvalue weighted by Crippen LogP contribution is 2.35. The molecule has 5 nitrogen and oxygen atoms in total. The minimum absolute atomic E-state index is 0.148. The quantitative estimate of drug-likeness (QED) is 0.676. The third kappa shape index (κ3) is 3.85. The number of hydrogen-bond acceptors (Lipinski definition) is 4. The Hall–Kier alpha value is -2.92. The summed E-state index contributed by atoms with van der Waals surface area (Å²) in [6, 6.07) is 17.8. The summed E-state index contributed by atoms with van der Waals surface area (Å²) in [7, 11) is 0. The van der Waals surface area contributed by atoms with Gasteiger partial charge < -0.3 is 10.0 Å². The molecule has 2 heterocycles.